The van der Waals surface area contributed by atoms with Crippen LogP contribution in [0, 0.1) is 0 Å². The molecule has 6 heteroatoms. The molecule has 0 fully saturated rings. The topological polar surface area (TPSA) is 29.3 Å². The first-order valence-electron chi connectivity index (χ1n) is 6.62. The standard InChI is InChI=1S/C14H20ClF3N2/c1-2-8-20(10-14(16,17)18)9-7-13(19)11-5-3-4-6-12(11)15/h3-6,13H,2,7-10,19H2,1H3. The van der Waals surface area contributed by atoms with E-state index in [9.17, 15) is 13.2 Å². The normalized spacial score (nSPS) is 13.8. The summed E-state index contributed by atoms with van der Waals surface area (Å²) < 4.78 is 37.3. The molecular formula is C14H20ClF3N2. The minimum atomic E-state index is -4.18. The maximum absolute atomic E-state index is 12.4. The highest BCUT2D eigenvalue weighted by Crippen LogP contribution is 2.24. The van der Waals surface area contributed by atoms with Crippen LogP contribution >= 0.6 is 11.6 Å². The fourth-order valence-corrected chi connectivity index (χ4v) is 2.37. The number of rotatable bonds is 7. The predicted molar refractivity (Wildman–Crippen MR) is 75.8 cm³/mol. The minimum Gasteiger partial charge on any atom is -0.324 e. The van der Waals surface area contributed by atoms with Crippen LogP contribution in [0.4, 0.5) is 13.2 Å². The molecule has 1 unspecified atom stereocenters. The summed E-state index contributed by atoms with van der Waals surface area (Å²) in [6.07, 6.45) is -3.05. The maximum Gasteiger partial charge on any atom is 0.401 e. The summed E-state index contributed by atoms with van der Waals surface area (Å²) in [5, 5.41) is 0.554. The van der Waals surface area contributed by atoms with Gasteiger partial charge in [0.05, 0.1) is 6.54 Å². The lowest BCUT2D eigenvalue weighted by Gasteiger charge is -2.24. The SMILES string of the molecule is CCCN(CCC(N)c1ccccc1Cl)CC(F)(F)F. The van der Waals surface area contributed by atoms with Crippen molar-refractivity contribution in [2.45, 2.75) is 32.0 Å². The molecule has 1 aromatic carbocycles. The molecule has 0 aromatic heterocycles. The van der Waals surface area contributed by atoms with E-state index in [0.29, 0.717) is 31.0 Å². The monoisotopic (exact) mass is 308 g/mol. The molecule has 0 aliphatic carbocycles. The Kier molecular flexibility index (Phi) is 6.79. The summed E-state index contributed by atoms with van der Waals surface area (Å²) in [6.45, 7) is 1.68. The van der Waals surface area contributed by atoms with Gasteiger partial charge in [0.25, 0.3) is 0 Å². The Balaban J connectivity index is 2.56. The van der Waals surface area contributed by atoms with Crippen molar-refractivity contribution in [1.82, 2.24) is 4.90 Å². The summed E-state index contributed by atoms with van der Waals surface area (Å²) >= 11 is 6.03. The van der Waals surface area contributed by atoms with Crippen molar-refractivity contribution in [3.8, 4) is 0 Å². The van der Waals surface area contributed by atoms with Gasteiger partial charge in [-0.05, 0) is 31.0 Å². The summed E-state index contributed by atoms with van der Waals surface area (Å²) in [4.78, 5) is 1.39. The van der Waals surface area contributed by atoms with E-state index in [2.05, 4.69) is 0 Å². The van der Waals surface area contributed by atoms with Crippen molar-refractivity contribution in [2.75, 3.05) is 19.6 Å². The molecule has 114 valence electrons. The Labute approximate surface area is 122 Å². The number of benzene rings is 1. The van der Waals surface area contributed by atoms with E-state index in [1.54, 1.807) is 18.2 Å². The Hall–Kier alpha value is -0.780. The third-order valence-electron chi connectivity index (χ3n) is 3.00. The van der Waals surface area contributed by atoms with E-state index in [1.807, 2.05) is 13.0 Å². The van der Waals surface area contributed by atoms with E-state index < -0.39 is 12.7 Å². The zero-order chi connectivity index (χ0) is 15.2. The van der Waals surface area contributed by atoms with Crippen molar-refractivity contribution in [3.05, 3.63) is 34.9 Å². The second kappa shape index (κ2) is 7.86. The molecule has 2 nitrogen and oxygen atoms in total. The molecule has 20 heavy (non-hydrogen) atoms. The van der Waals surface area contributed by atoms with Crippen LogP contribution < -0.4 is 5.73 Å². The Morgan fingerprint density at radius 3 is 2.45 bits per heavy atom. The lowest BCUT2D eigenvalue weighted by atomic mass is 10.0. The van der Waals surface area contributed by atoms with Crippen LogP contribution in [0.1, 0.15) is 31.4 Å². The number of alkyl halides is 3. The first-order chi connectivity index (χ1) is 9.33. The summed E-state index contributed by atoms with van der Waals surface area (Å²) in [7, 11) is 0. The van der Waals surface area contributed by atoms with Crippen LogP contribution in [0.25, 0.3) is 0 Å². The zero-order valence-corrected chi connectivity index (χ0v) is 12.2. The molecule has 2 N–H and O–H groups in total. The number of halogens is 4. The van der Waals surface area contributed by atoms with Gasteiger partial charge in [-0.1, -0.05) is 36.7 Å². The summed E-state index contributed by atoms with van der Waals surface area (Å²) in [6, 6.07) is 6.81. The first kappa shape index (κ1) is 17.3. The molecule has 0 radical (unpaired) electrons. The molecule has 0 aliphatic rings. The van der Waals surface area contributed by atoms with Gasteiger partial charge in [-0.15, -0.1) is 0 Å². The molecule has 0 bridgehead atoms. The van der Waals surface area contributed by atoms with Crippen LogP contribution in [0.2, 0.25) is 5.02 Å². The number of hydrogen-bond donors (Lipinski definition) is 1. The highest BCUT2D eigenvalue weighted by atomic mass is 35.5. The van der Waals surface area contributed by atoms with E-state index >= 15 is 0 Å². The van der Waals surface area contributed by atoms with Crippen molar-refractivity contribution in [3.63, 3.8) is 0 Å². The quantitative estimate of drug-likeness (QED) is 0.825. The van der Waals surface area contributed by atoms with Gasteiger partial charge in [-0.2, -0.15) is 13.2 Å². The van der Waals surface area contributed by atoms with Gasteiger partial charge >= 0.3 is 6.18 Å². The lowest BCUT2D eigenvalue weighted by Crippen LogP contribution is -2.36. The Morgan fingerprint density at radius 1 is 1.25 bits per heavy atom. The Bertz CT molecular complexity index is 410. The molecule has 0 aliphatic heterocycles. The number of nitrogens with zero attached hydrogens (tertiary/aromatic N) is 1. The van der Waals surface area contributed by atoms with Crippen molar-refractivity contribution < 1.29 is 13.2 Å². The largest absolute Gasteiger partial charge is 0.401 e. The van der Waals surface area contributed by atoms with E-state index in [1.165, 1.54) is 4.90 Å². The third-order valence-corrected chi connectivity index (χ3v) is 3.35. The maximum atomic E-state index is 12.4. The molecule has 0 heterocycles. The van der Waals surface area contributed by atoms with Crippen LogP contribution in [-0.4, -0.2) is 30.7 Å². The molecule has 0 saturated heterocycles. The van der Waals surface area contributed by atoms with Gasteiger partial charge < -0.3 is 5.73 Å². The van der Waals surface area contributed by atoms with Crippen LogP contribution in [0.15, 0.2) is 24.3 Å². The van der Waals surface area contributed by atoms with E-state index in [-0.39, 0.29) is 6.04 Å². The van der Waals surface area contributed by atoms with Gasteiger partial charge in [0.1, 0.15) is 0 Å². The third kappa shape index (κ3) is 6.11. The zero-order valence-electron chi connectivity index (χ0n) is 11.5. The van der Waals surface area contributed by atoms with E-state index in [0.717, 1.165) is 5.56 Å². The minimum absolute atomic E-state index is 0.305. The smallest absolute Gasteiger partial charge is 0.324 e. The van der Waals surface area contributed by atoms with Gasteiger partial charge in [-0.25, -0.2) is 0 Å². The fourth-order valence-electron chi connectivity index (χ4n) is 2.09. The van der Waals surface area contributed by atoms with Crippen molar-refractivity contribution >= 4 is 11.6 Å². The molecule has 0 amide bonds. The molecule has 0 spiro atoms. The second-order valence-corrected chi connectivity index (χ2v) is 5.22. The summed E-state index contributed by atoms with van der Waals surface area (Å²) in [5.74, 6) is 0. The van der Waals surface area contributed by atoms with Gasteiger partial charge in [0.2, 0.25) is 0 Å². The highest BCUT2D eigenvalue weighted by molar-refractivity contribution is 6.31. The second-order valence-electron chi connectivity index (χ2n) is 4.81. The Morgan fingerprint density at radius 2 is 1.90 bits per heavy atom. The molecular weight excluding hydrogens is 289 g/mol. The van der Waals surface area contributed by atoms with E-state index in [4.69, 9.17) is 17.3 Å². The molecule has 0 saturated carbocycles. The first-order valence-corrected chi connectivity index (χ1v) is 7.00. The van der Waals surface area contributed by atoms with Gasteiger partial charge in [0, 0.05) is 17.6 Å². The molecule has 1 atom stereocenters. The van der Waals surface area contributed by atoms with Gasteiger partial charge in [0.15, 0.2) is 0 Å². The van der Waals surface area contributed by atoms with Crippen molar-refractivity contribution in [2.24, 2.45) is 5.73 Å². The molecule has 1 aromatic rings. The average molecular weight is 309 g/mol. The highest BCUT2D eigenvalue weighted by Gasteiger charge is 2.30. The van der Waals surface area contributed by atoms with Crippen LogP contribution in [-0.2, 0) is 0 Å². The van der Waals surface area contributed by atoms with Crippen LogP contribution in [0.5, 0.6) is 0 Å². The predicted octanol–water partition coefficient (Wildman–Crippen LogP) is 4.00. The van der Waals surface area contributed by atoms with Crippen molar-refractivity contribution in [1.29, 1.82) is 0 Å². The lowest BCUT2D eigenvalue weighted by molar-refractivity contribution is -0.146. The number of hydrogen-bond acceptors (Lipinski definition) is 2. The fraction of sp³-hybridized carbons (Fsp3) is 0.571. The summed E-state index contributed by atoms with van der Waals surface area (Å²) in [5.41, 5.74) is 6.79. The van der Waals surface area contributed by atoms with Crippen LogP contribution in [0.3, 0.4) is 0 Å². The number of nitrogens with two attached hydrogens (primary N) is 1. The van der Waals surface area contributed by atoms with Gasteiger partial charge in [-0.3, -0.25) is 4.90 Å². The molecule has 1 rings (SSSR count). The average Bonchev–Trinajstić information content (AvgIpc) is 2.34.